The first-order valence-electron chi connectivity index (χ1n) is 12.9. The quantitative estimate of drug-likeness (QED) is 0.439. The van der Waals surface area contributed by atoms with Crippen molar-refractivity contribution < 1.29 is 31.1 Å². The van der Waals surface area contributed by atoms with Crippen LogP contribution in [0, 0.1) is 17.2 Å². The second-order valence-electron chi connectivity index (χ2n) is 10.0. The minimum Gasteiger partial charge on any atom is -0.382 e. The molecule has 0 unspecified atom stereocenters. The maximum atomic E-state index is 13.2. The van der Waals surface area contributed by atoms with Crippen LogP contribution in [0.15, 0.2) is 36.5 Å². The summed E-state index contributed by atoms with van der Waals surface area (Å²) < 4.78 is 77.9. The molecule has 1 saturated heterocycles. The Bertz CT molecular complexity index is 1180. The molecule has 1 amide bonds. The zero-order valence-electron chi connectivity index (χ0n) is 21.2. The maximum absolute atomic E-state index is 13.2. The Balaban J connectivity index is 1.18. The summed E-state index contributed by atoms with van der Waals surface area (Å²) in [5, 5.41) is 12.1. The van der Waals surface area contributed by atoms with Crippen LogP contribution in [-0.2, 0) is 17.1 Å². The zero-order chi connectivity index (χ0) is 28.2. The fourth-order valence-electron chi connectivity index (χ4n) is 5.21. The SMILES string of the molecule is N#Cc1ccc(NC2CCC(CCC(=O)N3CCN(c4ccc(C(F)(F)F)cn4)CC3)CC2)cc1C(F)(F)F. The number of benzene rings is 1. The molecular formula is C27H29F6N5O. The van der Waals surface area contributed by atoms with Gasteiger partial charge in [-0.15, -0.1) is 0 Å². The van der Waals surface area contributed by atoms with Gasteiger partial charge < -0.3 is 15.1 Å². The van der Waals surface area contributed by atoms with Crippen LogP contribution < -0.4 is 10.2 Å². The number of rotatable bonds is 6. The third kappa shape index (κ3) is 7.34. The summed E-state index contributed by atoms with van der Waals surface area (Å²) in [6.45, 7) is 1.93. The van der Waals surface area contributed by atoms with Crippen molar-refractivity contribution in [3.63, 3.8) is 0 Å². The smallest absolute Gasteiger partial charge is 0.382 e. The molecule has 1 aromatic heterocycles. The highest BCUT2D eigenvalue weighted by atomic mass is 19.4. The molecule has 0 atom stereocenters. The van der Waals surface area contributed by atoms with Crippen molar-refractivity contribution in [2.75, 3.05) is 36.4 Å². The van der Waals surface area contributed by atoms with E-state index in [0.29, 0.717) is 50.0 Å². The molecule has 39 heavy (non-hydrogen) atoms. The van der Waals surface area contributed by atoms with Crippen molar-refractivity contribution in [3.8, 4) is 6.07 Å². The lowest BCUT2D eigenvalue weighted by molar-refractivity contribution is -0.138. The molecule has 2 aliphatic rings. The van der Waals surface area contributed by atoms with E-state index in [2.05, 4.69) is 10.3 Å². The molecule has 4 rings (SSSR count). The van der Waals surface area contributed by atoms with Gasteiger partial charge in [-0.05, 0) is 68.4 Å². The zero-order valence-corrected chi connectivity index (χ0v) is 21.2. The summed E-state index contributed by atoms with van der Waals surface area (Å²) in [6, 6.07) is 7.62. The summed E-state index contributed by atoms with van der Waals surface area (Å²) in [6.07, 6.45) is -3.79. The monoisotopic (exact) mass is 553 g/mol. The molecule has 2 aromatic rings. The molecule has 0 bridgehead atoms. The Morgan fingerprint density at radius 1 is 0.974 bits per heavy atom. The molecule has 0 radical (unpaired) electrons. The van der Waals surface area contributed by atoms with Crippen LogP contribution in [-0.4, -0.2) is 48.0 Å². The van der Waals surface area contributed by atoms with Gasteiger partial charge in [-0.3, -0.25) is 4.79 Å². The van der Waals surface area contributed by atoms with Crippen LogP contribution in [0.5, 0.6) is 0 Å². The number of carbonyl (C=O) groups excluding carboxylic acids is 1. The number of nitriles is 1. The minimum absolute atomic E-state index is 0.0258. The Labute approximate surface area is 222 Å². The van der Waals surface area contributed by atoms with E-state index in [1.807, 2.05) is 4.90 Å². The number of halogens is 6. The van der Waals surface area contributed by atoms with E-state index >= 15 is 0 Å². The van der Waals surface area contributed by atoms with Gasteiger partial charge in [0, 0.05) is 50.5 Å². The number of carbonyl (C=O) groups is 1. The van der Waals surface area contributed by atoms with Crippen LogP contribution in [0.4, 0.5) is 37.8 Å². The number of aromatic nitrogens is 1. The predicted molar refractivity (Wildman–Crippen MR) is 133 cm³/mol. The van der Waals surface area contributed by atoms with E-state index in [0.717, 1.165) is 50.4 Å². The van der Waals surface area contributed by atoms with Crippen LogP contribution in [0.2, 0.25) is 0 Å². The van der Waals surface area contributed by atoms with Gasteiger partial charge in [0.1, 0.15) is 5.82 Å². The van der Waals surface area contributed by atoms with Gasteiger partial charge in [0.2, 0.25) is 5.91 Å². The van der Waals surface area contributed by atoms with E-state index in [1.54, 1.807) is 11.0 Å². The fourth-order valence-corrected chi connectivity index (χ4v) is 5.21. The predicted octanol–water partition coefficient (Wildman–Crippen LogP) is 6.09. The number of anilines is 2. The third-order valence-corrected chi connectivity index (χ3v) is 7.46. The Morgan fingerprint density at radius 2 is 1.67 bits per heavy atom. The molecule has 6 nitrogen and oxygen atoms in total. The van der Waals surface area contributed by atoms with E-state index in [1.165, 1.54) is 18.2 Å². The average Bonchev–Trinajstić information content (AvgIpc) is 2.91. The third-order valence-electron chi connectivity index (χ3n) is 7.46. The molecule has 2 heterocycles. The van der Waals surface area contributed by atoms with Crippen LogP contribution in [0.3, 0.4) is 0 Å². The number of hydrogen-bond donors (Lipinski definition) is 1. The summed E-state index contributed by atoms with van der Waals surface area (Å²) in [5.74, 6) is 0.861. The standard InChI is InChI=1S/C27H29F6N5O/c28-26(29,30)20-5-9-24(35-17-20)37-11-13-38(14-12-37)25(39)10-3-18-1-6-21(7-2-18)36-22-8-4-19(16-34)23(15-22)27(31,32)33/h4-5,8-9,15,17-18,21,36H,1-3,6-7,10-14H2. The number of hydrogen-bond acceptors (Lipinski definition) is 5. The first kappa shape index (κ1) is 28.5. The molecule has 1 saturated carbocycles. The highest BCUT2D eigenvalue weighted by Gasteiger charge is 2.34. The van der Waals surface area contributed by atoms with E-state index in [9.17, 15) is 31.1 Å². The number of piperazine rings is 1. The minimum atomic E-state index is -4.60. The van der Waals surface area contributed by atoms with Crippen molar-refractivity contribution in [2.45, 2.75) is 56.9 Å². The molecule has 1 N–H and O–H groups in total. The topological polar surface area (TPSA) is 72.3 Å². The van der Waals surface area contributed by atoms with E-state index < -0.39 is 29.0 Å². The molecule has 1 aromatic carbocycles. The normalized spacial score (nSPS) is 20.4. The molecular weight excluding hydrogens is 524 g/mol. The van der Waals surface area contributed by atoms with Gasteiger partial charge in [-0.25, -0.2) is 4.98 Å². The lowest BCUT2D eigenvalue weighted by atomic mass is 9.83. The average molecular weight is 554 g/mol. The van der Waals surface area contributed by atoms with Crippen LogP contribution >= 0.6 is 0 Å². The lowest BCUT2D eigenvalue weighted by Gasteiger charge is -2.36. The molecule has 2 fully saturated rings. The summed E-state index contributed by atoms with van der Waals surface area (Å²) in [4.78, 5) is 20.3. The highest BCUT2D eigenvalue weighted by molar-refractivity contribution is 5.76. The fraction of sp³-hybridized carbons (Fsp3) is 0.519. The Hall–Kier alpha value is -3.49. The largest absolute Gasteiger partial charge is 0.417 e. The number of amides is 1. The van der Waals surface area contributed by atoms with Crippen molar-refractivity contribution in [3.05, 3.63) is 53.2 Å². The first-order chi connectivity index (χ1) is 18.4. The molecule has 12 heteroatoms. The van der Waals surface area contributed by atoms with Gasteiger partial charge in [-0.1, -0.05) is 0 Å². The number of nitrogens with one attached hydrogen (secondary N) is 1. The van der Waals surface area contributed by atoms with Gasteiger partial charge in [0.25, 0.3) is 0 Å². The van der Waals surface area contributed by atoms with Crippen molar-refractivity contribution in [1.29, 1.82) is 5.26 Å². The van der Waals surface area contributed by atoms with Gasteiger partial charge in [0.15, 0.2) is 0 Å². The van der Waals surface area contributed by atoms with Crippen molar-refractivity contribution in [1.82, 2.24) is 9.88 Å². The number of pyridine rings is 1. The molecule has 1 aliphatic carbocycles. The molecule has 0 spiro atoms. The second kappa shape index (κ2) is 11.7. The molecule has 1 aliphatic heterocycles. The Morgan fingerprint density at radius 3 is 2.23 bits per heavy atom. The number of nitrogens with zero attached hydrogens (tertiary/aromatic N) is 4. The van der Waals surface area contributed by atoms with Crippen molar-refractivity contribution in [2.24, 2.45) is 5.92 Å². The van der Waals surface area contributed by atoms with Gasteiger partial charge >= 0.3 is 12.4 Å². The van der Waals surface area contributed by atoms with Crippen molar-refractivity contribution >= 4 is 17.4 Å². The van der Waals surface area contributed by atoms with Gasteiger partial charge in [-0.2, -0.15) is 31.6 Å². The summed E-state index contributed by atoms with van der Waals surface area (Å²) in [5.41, 5.74) is -1.81. The number of alkyl halides is 6. The van der Waals surface area contributed by atoms with Crippen LogP contribution in [0.25, 0.3) is 0 Å². The summed E-state index contributed by atoms with van der Waals surface area (Å²) in [7, 11) is 0. The Kier molecular flexibility index (Phi) is 8.57. The van der Waals surface area contributed by atoms with Gasteiger partial charge in [0.05, 0.1) is 22.8 Å². The van der Waals surface area contributed by atoms with E-state index in [-0.39, 0.29) is 11.9 Å². The lowest BCUT2D eigenvalue weighted by Crippen LogP contribution is -2.49. The molecule has 210 valence electrons. The maximum Gasteiger partial charge on any atom is 0.417 e. The van der Waals surface area contributed by atoms with Crippen LogP contribution in [0.1, 0.15) is 55.2 Å². The first-order valence-corrected chi connectivity index (χ1v) is 12.9. The van der Waals surface area contributed by atoms with E-state index in [4.69, 9.17) is 5.26 Å². The second-order valence-corrected chi connectivity index (χ2v) is 10.0. The summed E-state index contributed by atoms with van der Waals surface area (Å²) >= 11 is 0. The highest BCUT2D eigenvalue weighted by Crippen LogP contribution is 2.35.